The third kappa shape index (κ3) is 2.75. The molecule has 0 atom stereocenters. The highest BCUT2D eigenvalue weighted by Gasteiger charge is 2.13. The SMILES string of the molecule is CC[n+]1ccc(/C=C2\C=Cc3ccc(C)cc3N2C)cc1. The second-order valence-electron chi connectivity index (χ2n) is 5.49. The van der Waals surface area contributed by atoms with Gasteiger partial charge in [-0.15, -0.1) is 0 Å². The number of fused-ring (bicyclic) bond motifs is 1. The Bertz CT molecular complexity index is 709. The molecule has 0 fully saturated rings. The number of pyridine rings is 1. The molecular weight excluding hydrogens is 256 g/mol. The molecule has 1 aromatic heterocycles. The maximum Gasteiger partial charge on any atom is 0.169 e. The van der Waals surface area contributed by atoms with Gasteiger partial charge in [-0.3, -0.25) is 0 Å². The number of benzene rings is 1. The number of aryl methyl sites for hydroxylation is 2. The van der Waals surface area contributed by atoms with Crippen molar-refractivity contribution < 1.29 is 4.57 Å². The predicted octanol–water partition coefficient (Wildman–Crippen LogP) is 3.81. The molecule has 0 saturated heterocycles. The molecule has 106 valence electrons. The van der Waals surface area contributed by atoms with E-state index in [9.17, 15) is 0 Å². The molecule has 1 aromatic carbocycles. The summed E-state index contributed by atoms with van der Waals surface area (Å²) in [5, 5.41) is 0. The van der Waals surface area contributed by atoms with Gasteiger partial charge in [0.05, 0.1) is 0 Å². The van der Waals surface area contributed by atoms with E-state index >= 15 is 0 Å². The zero-order chi connectivity index (χ0) is 14.8. The van der Waals surface area contributed by atoms with Crippen LogP contribution in [0, 0.1) is 6.92 Å². The number of likely N-dealkylation sites (N-methyl/N-ethyl adjacent to an activating group) is 1. The molecule has 21 heavy (non-hydrogen) atoms. The first-order valence-electron chi connectivity index (χ1n) is 7.40. The van der Waals surface area contributed by atoms with Crippen molar-refractivity contribution in [3.8, 4) is 0 Å². The topological polar surface area (TPSA) is 7.12 Å². The molecule has 1 aliphatic rings. The molecule has 2 heterocycles. The summed E-state index contributed by atoms with van der Waals surface area (Å²) in [7, 11) is 2.13. The Kier molecular flexibility index (Phi) is 3.61. The standard InChI is InChI=1S/C19H21N2/c1-4-21-11-9-16(10-12-21)14-18-8-7-17-6-5-15(2)13-19(17)20(18)3/h5-14H,4H2,1-3H3/q+1. The van der Waals surface area contributed by atoms with Crippen molar-refractivity contribution in [3.63, 3.8) is 0 Å². The summed E-state index contributed by atoms with van der Waals surface area (Å²) in [5.74, 6) is 0. The lowest BCUT2D eigenvalue weighted by atomic mass is 10.0. The molecule has 3 rings (SSSR count). The average molecular weight is 277 g/mol. The van der Waals surface area contributed by atoms with Crippen LogP contribution in [0.2, 0.25) is 0 Å². The van der Waals surface area contributed by atoms with Crippen LogP contribution in [0.25, 0.3) is 12.2 Å². The molecule has 2 aromatic rings. The van der Waals surface area contributed by atoms with E-state index in [0.717, 1.165) is 6.54 Å². The van der Waals surface area contributed by atoms with Crippen LogP contribution in [0.5, 0.6) is 0 Å². The minimum absolute atomic E-state index is 1.00. The summed E-state index contributed by atoms with van der Waals surface area (Å²) in [6.45, 7) is 5.29. The summed E-state index contributed by atoms with van der Waals surface area (Å²) >= 11 is 0. The minimum atomic E-state index is 1.00. The molecule has 0 spiro atoms. The molecule has 0 amide bonds. The Labute approximate surface area is 126 Å². The number of hydrogen-bond acceptors (Lipinski definition) is 1. The Hall–Kier alpha value is -2.35. The first-order valence-corrected chi connectivity index (χ1v) is 7.40. The molecule has 0 unspecified atom stereocenters. The molecule has 0 aliphatic carbocycles. The van der Waals surface area contributed by atoms with Gasteiger partial charge >= 0.3 is 0 Å². The van der Waals surface area contributed by atoms with Crippen molar-refractivity contribution in [2.75, 3.05) is 11.9 Å². The first kappa shape index (κ1) is 13.6. The van der Waals surface area contributed by atoms with Crippen LogP contribution in [0.15, 0.2) is 54.5 Å². The number of rotatable bonds is 2. The van der Waals surface area contributed by atoms with E-state index < -0.39 is 0 Å². The summed E-state index contributed by atoms with van der Waals surface area (Å²) < 4.78 is 2.17. The predicted molar refractivity (Wildman–Crippen MR) is 88.9 cm³/mol. The second kappa shape index (κ2) is 5.57. The molecule has 1 aliphatic heterocycles. The third-order valence-corrected chi connectivity index (χ3v) is 3.96. The molecule has 2 heteroatoms. The zero-order valence-electron chi connectivity index (χ0n) is 12.9. The van der Waals surface area contributed by atoms with Crippen LogP contribution >= 0.6 is 0 Å². The van der Waals surface area contributed by atoms with Gasteiger partial charge in [-0.2, -0.15) is 0 Å². The molecule has 0 bridgehead atoms. The van der Waals surface area contributed by atoms with Gasteiger partial charge in [0, 0.05) is 30.6 Å². The number of hydrogen-bond donors (Lipinski definition) is 0. The lowest BCUT2D eigenvalue weighted by Crippen LogP contribution is -2.30. The van der Waals surface area contributed by atoms with Gasteiger partial charge in [0.2, 0.25) is 0 Å². The van der Waals surface area contributed by atoms with Crippen LogP contribution < -0.4 is 9.47 Å². The highest BCUT2D eigenvalue weighted by atomic mass is 15.1. The van der Waals surface area contributed by atoms with Crippen LogP contribution in [0.3, 0.4) is 0 Å². The van der Waals surface area contributed by atoms with E-state index in [1.165, 1.54) is 28.1 Å². The normalized spacial score (nSPS) is 15.4. The minimum Gasteiger partial charge on any atom is -0.344 e. The van der Waals surface area contributed by atoms with Crippen molar-refractivity contribution in [2.24, 2.45) is 0 Å². The first-order chi connectivity index (χ1) is 10.2. The van der Waals surface area contributed by atoms with Gasteiger partial charge in [0.1, 0.15) is 6.54 Å². The summed E-state index contributed by atoms with van der Waals surface area (Å²) in [6.07, 6.45) is 10.8. The average Bonchev–Trinajstić information content (AvgIpc) is 2.51. The van der Waals surface area contributed by atoms with Crippen molar-refractivity contribution >= 4 is 17.8 Å². The number of allylic oxidation sites excluding steroid dienone is 1. The van der Waals surface area contributed by atoms with E-state index in [-0.39, 0.29) is 0 Å². The maximum atomic E-state index is 2.25. The smallest absolute Gasteiger partial charge is 0.169 e. The Morgan fingerprint density at radius 1 is 1.10 bits per heavy atom. The molecule has 0 N–H and O–H groups in total. The van der Waals surface area contributed by atoms with Crippen LogP contribution in [0.4, 0.5) is 5.69 Å². The third-order valence-electron chi connectivity index (χ3n) is 3.96. The summed E-state index contributed by atoms with van der Waals surface area (Å²) in [6, 6.07) is 10.9. The molecule has 0 saturated carbocycles. The maximum absolute atomic E-state index is 2.25. The summed E-state index contributed by atoms with van der Waals surface area (Å²) in [5.41, 5.74) is 6.27. The van der Waals surface area contributed by atoms with Gasteiger partial charge in [0.15, 0.2) is 12.4 Å². The van der Waals surface area contributed by atoms with Crippen molar-refractivity contribution in [2.45, 2.75) is 20.4 Å². The van der Waals surface area contributed by atoms with Crippen molar-refractivity contribution in [3.05, 3.63) is 71.2 Å². The Balaban J connectivity index is 1.95. The van der Waals surface area contributed by atoms with Crippen molar-refractivity contribution in [1.82, 2.24) is 0 Å². The lowest BCUT2D eigenvalue weighted by molar-refractivity contribution is -0.693. The van der Waals surface area contributed by atoms with E-state index in [1.54, 1.807) is 0 Å². The van der Waals surface area contributed by atoms with E-state index in [2.05, 4.69) is 91.3 Å². The zero-order valence-corrected chi connectivity index (χ0v) is 12.9. The highest BCUT2D eigenvalue weighted by molar-refractivity contribution is 5.79. The largest absolute Gasteiger partial charge is 0.344 e. The lowest BCUT2D eigenvalue weighted by Gasteiger charge is -2.26. The van der Waals surface area contributed by atoms with Crippen LogP contribution in [-0.2, 0) is 6.54 Å². The quantitative estimate of drug-likeness (QED) is 0.757. The number of aromatic nitrogens is 1. The molecular formula is C19H21N2+. The molecule has 0 radical (unpaired) electrons. The highest BCUT2D eigenvalue weighted by Crippen LogP contribution is 2.31. The fourth-order valence-corrected chi connectivity index (χ4v) is 2.60. The van der Waals surface area contributed by atoms with Gasteiger partial charge < -0.3 is 4.90 Å². The fourth-order valence-electron chi connectivity index (χ4n) is 2.60. The van der Waals surface area contributed by atoms with Crippen molar-refractivity contribution in [1.29, 1.82) is 0 Å². The Morgan fingerprint density at radius 3 is 2.57 bits per heavy atom. The monoisotopic (exact) mass is 277 g/mol. The van der Waals surface area contributed by atoms with Gasteiger partial charge in [-0.25, -0.2) is 4.57 Å². The summed E-state index contributed by atoms with van der Waals surface area (Å²) in [4.78, 5) is 2.25. The number of anilines is 1. The van der Waals surface area contributed by atoms with Crippen LogP contribution in [0.1, 0.15) is 23.6 Å². The van der Waals surface area contributed by atoms with Gasteiger partial charge in [-0.1, -0.05) is 18.2 Å². The fraction of sp³-hybridized carbons (Fsp3) is 0.211. The van der Waals surface area contributed by atoms with E-state index in [0.29, 0.717) is 0 Å². The van der Waals surface area contributed by atoms with E-state index in [1.807, 2.05) is 0 Å². The molecule has 2 nitrogen and oxygen atoms in total. The van der Waals surface area contributed by atoms with Gasteiger partial charge in [-0.05, 0) is 48.8 Å². The second-order valence-corrected chi connectivity index (χ2v) is 5.49. The number of nitrogens with zero attached hydrogens (tertiary/aromatic N) is 2. The van der Waals surface area contributed by atoms with Crippen LogP contribution in [-0.4, -0.2) is 7.05 Å². The Morgan fingerprint density at radius 2 is 1.86 bits per heavy atom. The van der Waals surface area contributed by atoms with E-state index in [4.69, 9.17) is 0 Å². The van der Waals surface area contributed by atoms with Gasteiger partial charge in [0.25, 0.3) is 0 Å².